The van der Waals surface area contributed by atoms with Gasteiger partial charge in [0.05, 0.1) is 0 Å². The molecule has 0 bridgehead atoms. The maximum absolute atomic E-state index is 11.8. The molecule has 1 aromatic rings. The zero-order valence-corrected chi connectivity index (χ0v) is 10.6. The van der Waals surface area contributed by atoms with E-state index < -0.39 is 6.09 Å². The van der Waals surface area contributed by atoms with E-state index in [1.54, 1.807) is 29.2 Å². The number of carbonyl (C=O) groups is 2. The van der Waals surface area contributed by atoms with Crippen molar-refractivity contribution in [1.82, 2.24) is 15.5 Å². The maximum Gasteiger partial charge on any atom is 0.413 e. The van der Waals surface area contributed by atoms with Gasteiger partial charge in [-0.25, -0.2) is 4.79 Å². The lowest BCUT2D eigenvalue weighted by molar-refractivity contribution is -0.130. The molecule has 1 saturated heterocycles. The summed E-state index contributed by atoms with van der Waals surface area (Å²) in [5, 5.41) is 5.62. The third-order valence-corrected chi connectivity index (χ3v) is 2.81. The van der Waals surface area contributed by atoms with Crippen LogP contribution in [-0.2, 0) is 4.79 Å². The Kier molecular flexibility index (Phi) is 4.74. The molecule has 6 nitrogen and oxygen atoms in total. The van der Waals surface area contributed by atoms with Crippen molar-refractivity contribution in [2.24, 2.45) is 0 Å². The Balaban J connectivity index is 1.72. The molecule has 102 valence electrons. The average molecular weight is 263 g/mol. The Morgan fingerprint density at radius 3 is 2.58 bits per heavy atom. The van der Waals surface area contributed by atoms with Gasteiger partial charge in [-0.3, -0.25) is 4.79 Å². The molecule has 1 aliphatic heterocycles. The Bertz CT molecular complexity index is 430. The van der Waals surface area contributed by atoms with Gasteiger partial charge in [0.15, 0.2) is 0 Å². The van der Waals surface area contributed by atoms with E-state index in [1.807, 2.05) is 6.07 Å². The molecule has 1 fully saturated rings. The Hall–Kier alpha value is -2.08. The van der Waals surface area contributed by atoms with Gasteiger partial charge in [-0.2, -0.15) is 0 Å². The van der Waals surface area contributed by atoms with Crippen LogP contribution in [0, 0.1) is 0 Å². The third kappa shape index (κ3) is 4.26. The molecule has 19 heavy (non-hydrogen) atoms. The zero-order chi connectivity index (χ0) is 13.5. The zero-order valence-electron chi connectivity index (χ0n) is 10.6. The van der Waals surface area contributed by atoms with Crippen molar-refractivity contribution in [1.29, 1.82) is 0 Å². The van der Waals surface area contributed by atoms with Gasteiger partial charge in [0.25, 0.3) is 0 Å². The van der Waals surface area contributed by atoms with Gasteiger partial charge in [-0.15, -0.1) is 0 Å². The second-order valence-corrected chi connectivity index (χ2v) is 4.19. The van der Waals surface area contributed by atoms with Crippen molar-refractivity contribution in [3.63, 3.8) is 0 Å². The van der Waals surface area contributed by atoms with E-state index in [0.717, 1.165) is 13.1 Å². The van der Waals surface area contributed by atoms with Gasteiger partial charge in [-0.1, -0.05) is 18.2 Å². The summed E-state index contributed by atoms with van der Waals surface area (Å²) in [6, 6.07) is 8.73. The first-order valence-electron chi connectivity index (χ1n) is 6.25. The normalized spacial score (nSPS) is 14.8. The molecule has 2 rings (SSSR count). The standard InChI is InChI=1S/C13H17N3O3/c17-12(16-8-6-14-7-9-16)10-15-13(18)19-11-4-2-1-3-5-11/h1-5,14H,6-10H2,(H,15,18). The molecule has 0 atom stereocenters. The van der Waals surface area contributed by atoms with E-state index in [4.69, 9.17) is 4.74 Å². The Morgan fingerprint density at radius 2 is 1.89 bits per heavy atom. The molecule has 2 N–H and O–H groups in total. The number of amides is 2. The second kappa shape index (κ2) is 6.75. The smallest absolute Gasteiger partial charge is 0.410 e. The molecule has 0 unspecified atom stereocenters. The summed E-state index contributed by atoms with van der Waals surface area (Å²) < 4.78 is 5.02. The summed E-state index contributed by atoms with van der Waals surface area (Å²) in [6.07, 6.45) is -0.616. The lowest BCUT2D eigenvalue weighted by Gasteiger charge is -2.27. The summed E-state index contributed by atoms with van der Waals surface area (Å²) in [7, 11) is 0. The Labute approximate surface area is 111 Å². The molecule has 0 aliphatic carbocycles. The number of nitrogens with zero attached hydrogens (tertiary/aromatic N) is 1. The highest BCUT2D eigenvalue weighted by molar-refractivity contribution is 5.82. The van der Waals surface area contributed by atoms with Crippen molar-refractivity contribution in [3.05, 3.63) is 30.3 Å². The molecular formula is C13H17N3O3. The molecule has 6 heteroatoms. The van der Waals surface area contributed by atoms with E-state index in [0.29, 0.717) is 18.8 Å². The highest BCUT2D eigenvalue weighted by Crippen LogP contribution is 2.07. The van der Waals surface area contributed by atoms with Crippen LogP contribution < -0.4 is 15.4 Å². The highest BCUT2D eigenvalue weighted by atomic mass is 16.6. The van der Waals surface area contributed by atoms with Crippen LogP contribution >= 0.6 is 0 Å². The van der Waals surface area contributed by atoms with Gasteiger partial charge < -0.3 is 20.3 Å². The third-order valence-electron chi connectivity index (χ3n) is 2.81. The predicted octanol–water partition coefficient (Wildman–Crippen LogP) is 0.207. The molecule has 1 aliphatic rings. The largest absolute Gasteiger partial charge is 0.413 e. The summed E-state index contributed by atoms with van der Waals surface area (Å²) in [4.78, 5) is 25.0. The fourth-order valence-corrected chi connectivity index (χ4v) is 1.81. The van der Waals surface area contributed by atoms with Crippen molar-refractivity contribution >= 4 is 12.0 Å². The maximum atomic E-state index is 11.8. The number of para-hydroxylation sites is 1. The van der Waals surface area contributed by atoms with E-state index >= 15 is 0 Å². The minimum Gasteiger partial charge on any atom is -0.410 e. The quantitative estimate of drug-likeness (QED) is 0.817. The van der Waals surface area contributed by atoms with E-state index in [-0.39, 0.29) is 12.5 Å². The van der Waals surface area contributed by atoms with Gasteiger partial charge in [0.2, 0.25) is 5.91 Å². The van der Waals surface area contributed by atoms with Crippen LogP contribution in [0.1, 0.15) is 0 Å². The lowest BCUT2D eigenvalue weighted by Crippen LogP contribution is -2.49. The van der Waals surface area contributed by atoms with Crippen LogP contribution in [0.2, 0.25) is 0 Å². The molecule has 0 radical (unpaired) electrons. The SMILES string of the molecule is O=C(NCC(=O)N1CCNCC1)Oc1ccccc1. The molecule has 0 aromatic heterocycles. The fourth-order valence-electron chi connectivity index (χ4n) is 1.81. The molecule has 2 amide bonds. The van der Waals surface area contributed by atoms with Crippen LogP contribution in [0.4, 0.5) is 4.79 Å². The highest BCUT2D eigenvalue weighted by Gasteiger charge is 2.16. The van der Waals surface area contributed by atoms with E-state index in [2.05, 4.69) is 10.6 Å². The minimum absolute atomic E-state index is 0.0360. The van der Waals surface area contributed by atoms with Crippen molar-refractivity contribution in [2.75, 3.05) is 32.7 Å². The van der Waals surface area contributed by atoms with Crippen molar-refractivity contribution < 1.29 is 14.3 Å². The van der Waals surface area contributed by atoms with Gasteiger partial charge >= 0.3 is 6.09 Å². The molecular weight excluding hydrogens is 246 g/mol. The van der Waals surface area contributed by atoms with Gasteiger partial charge in [0.1, 0.15) is 12.3 Å². The number of nitrogens with one attached hydrogen (secondary N) is 2. The molecule has 0 saturated carbocycles. The number of piperazine rings is 1. The molecule has 0 spiro atoms. The van der Waals surface area contributed by atoms with Crippen LogP contribution in [0.3, 0.4) is 0 Å². The number of rotatable bonds is 3. The fraction of sp³-hybridized carbons (Fsp3) is 0.385. The lowest BCUT2D eigenvalue weighted by atomic mass is 10.3. The van der Waals surface area contributed by atoms with Crippen LogP contribution in [0.5, 0.6) is 5.75 Å². The number of hydrogen-bond acceptors (Lipinski definition) is 4. The van der Waals surface area contributed by atoms with Crippen molar-refractivity contribution in [3.8, 4) is 5.75 Å². The summed E-state index contributed by atoms with van der Waals surface area (Å²) in [6.45, 7) is 2.90. The monoisotopic (exact) mass is 263 g/mol. The van der Waals surface area contributed by atoms with Gasteiger partial charge in [-0.05, 0) is 12.1 Å². The number of carbonyl (C=O) groups excluding carboxylic acids is 2. The number of hydrogen-bond donors (Lipinski definition) is 2. The molecule has 1 heterocycles. The summed E-state index contributed by atoms with van der Waals surface area (Å²) in [5.74, 6) is 0.362. The van der Waals surface area contributed by atoms with E-state index in [1.165, 1.54) is 0 Å². The minimum atomic E-state index is -0.616. The number of benzene rings is 1. The Morgan fingerprint density at radius 1 is 1.21 bits per heavy atom. The molecule has 1 aromatic carbocycles. The summed E-state index contributed by atoms with van der Waals surface area (Å²) >= 11 is 0. The van der Waals surface area contributed by atoms with Gasteiger partial charge in [0, 0.05) is 26.2 Å². The summed E-state index contributed by atoms with van der Waals surface area (Å²) in [5.41, 5.74) is 0. The first-order chi connectivity index (χ1) is 9.25. The van der Waals surface area contributed by atoms with Crippen LogP contribution in [-0.4, -0.2) is 49.6 Å². The number of ether oxygens (including phenoxy) is 1. The predicted molar refractivity (Wildman–Crippen MR) is 69.9 cm³/mol. The average Bonchev–Trinajstić information content (AvgIpc) is 2.47. The van der Waals surface area contributed by atoms with Crippen molar-refractivity contribution in [2.45, 2.75) is 0 Å². The second-order valence-electron chi connectivity index (χ2n) is 4.19. The van der Waals surface area contributed by atoms with Crippen LogP contribution in [0.25, 0.3) is 0 Å². The first kappa shape index (κ1) is 13.4. The van der Waals surface area contributed by atoms with E-state index in [9.17, 15) is 9.59 Å². The topological polar surface area (TPSA) is 70.7 Å². The first-order valence-corrected chi connectivity index (χ1v) is 6.25. The van der Waals surface area contributed by atoms with Crippen LogP contribution in [0.15, 0.2) is 30.3 Å².